The fraction of sp³-hybridized carbons (Fsp3) is 0.318. The molecule has 2 heterocycles. The van der Waals surface area contributed by atoms with Crippen LogP contribution in [0.15, 0.2) is 53.1 Å². The average Bonchev–Trinajstić information content (AvgIpc) is 3.18. The van der Waals surface area contributed by atoms with Gasteiger partial charge in [-0.2, -0.15) is 4.98 Å². The number of halogens is 1. The molecular formula is C22H23ClN4O2. The zero-order chi connectivity index (χ0) is 20.2. The van der Waals surface area contributed by atoms with Gasteiger partial charge in [0.25, 0.3) is 0 Å². The summed E-state index contributed by atoms with van der Waals surface area (Å²) in [4.78, 5) is 19.0. The van der Waals surface area contributed by atoms with Crippen molar-refractivity contribution >= 4 is 23.3 Å². The molecule has 4 rings (SSSR count). The van der Waals surface area contributed by atoms with Gasteiger partial charge in [-0.3, -0.25) is 0 Å². The van der Waals surface area contributed by atoms with Crippen LogP contribution in [-0.2, 0) is 6.42 Å². The molecule has 2 amide bonds. The van der Waals surface area contributed by atoms with Crippen molar-refractivity contribution in [2.45, 2.75) is 26.2 Å². The number of urea groups is 1. The van der Waals surface area contributed by atoms with Crippen molar-refractivity contribution in [3.63, 3.8) is 0 Å². The highest BCUT2D eigenvalue weighted by molar-refractivity contribution is 6.33. The summed E-state index contributed by atoms with van der Waals surface area (Å²) in [7, 11) is 0. The number of rotatable bonds is 4. The summed E-state index contributed by atoms with van der Waals surface area (Å²) in [6, 6.07) is 15.1. The van der Waals surface area contributed by atoms with Gasteiger partial charge in [0.2, 0.25) is 11.7 Å². The van der Waals surface area contributed by atoms with Crippen molar-refractivity contribution in [1.29, 1.82) is 0 Å². The molecule has 0 radical (unpaired) electrons. The van der Waals surface area contributed by atoms with Crippen molar-refractivity contribution < 1.29 is 9.32 Å². The highest BCUT2D eigenvalue weighted by Crippen LogP contribution is 2.25. The van der Waals surface area contributed by atoms with Crippen molar-refractivity contribution in [3.8, 4) is 11.4 Å². The van der Waals surface area contributed by atoms with Crippen LogP contribution in [0.25, 0.3) is 11.4 Å². The summed E-state index contributed by atoms with van der Waals surface area (Å²) in [6.45, 7) is 3.41. The second-order valence-electron chi connectivity index (χ2n) is 7.40. The van der Waals surface area contributed by atoms with E-state index >= 15 is 0 Å². The topological polar surface area (TPSA) is 71.3 Å². The largest absolute Gasteiger partial charge is 0.339 e. The number of amides is 2. The van der Waals surface area contributed by atoms with E-state index in [1.54, 1.807) is 12.1 Å². The van der Waals surface area contributed by atoms with Crippen molar-refractivity contribution in [3.05, 3.63) is 65.0 Å². The Balaban J connectivity index is 1.39. The van der Waals surface area contributed by atoms with Gasteiger partial charge in [0.05, 0.1) is 10.7 Å². The maximum absolute atomic E-state index is 12.6. The molecule has 1 fully saturated rings. The van der Waals surface area contributed by atoms with Crippen LogP contribution in [0.5, 0.6) is 0 Å². The van der Waals surface area contributed by atoms with Crippen LogP contribution in [0.3, 0.4) is 0 Å². The SMILES string of the molecule is Cc1ccccc1-c1noc(C[C@H]2CCCN(C(=O)Nc3ccccc3Cl)C2)n1. The first-order valence-electron chi connectivity index (χ1n) is 9.79. The molecule has 0 aliphatic carbocycles. The lowest BCUT2D eigenvalue weighted by Crippen LogP contribution is -2.42. The van der Waals surface area contributed by atoms with E-state index in [2.05, 4.69) is 15.5 Å². The predicted molar refractivity (Wildman–Crippen MR) is 113 cm³/mol. The molecule has 0 unspecified atom stereocenters. The van der Waals surface area contributed by atoms with Crippen molar-refractivity contribution in [2.24, 2.45) is 5.92 Å². The van der Waals surface area contributed by atoms with Gasteiger partial charge in [-0.15, -0.1) is 0 Å². The van der Waals surface area contributed by atoms with Gasteiger partial charge in [0.1, 0.15) is 0 Å². The van der Waals surface area contributed by atoms with Crippen LogP contribution in [0, 0.1) is 12.8 Å². The molecule has 1 aliphatic rings. The number of aromatic nitrogens is 2. The second kappa shape index (κ2) is 8.66. The van der Waals surface area contributed by atoms with Gasteiger partial charge >= 0.3 is 6.03 Å². The number of para-hydroxylation sites is 1. The number of nitrogens with one attached hydrogen (secondary N) is 1. The first kappa shape index (κ1) is 19.5. The summed E-state index contributed by atoms with van der Waals surface area (Å²) in [5.41, 5.74) is 2.72. The maximum atomic E-state index is 12.6. The fourth-order valence-electron chi connectivity index (χ4n) is 3.69. The Morgan fingerprint density at radius 3 is 2.86 bits per heavy atom. The van der Waals surface area contributed by atoms with Crippen LogP contribution in [0.1, 0.15) is 24.3 Å². The number of carbonyl (C=O) groups excluding carboxylic acids is 1. The Morgan fingerprint density at radius 2 is 2.03 bits per heavy atom. The Morgan fingerprint density at radius 1 is 1.24 bits per heavy atom. The molecule has 1 aliphatic heterocycles. The Kier molecular flexibility index (Phi) is 5.81. The van der Waals surface area contributed by atoms with Gasteiger partial charge in [0.15, 0.2) is 0 Å². The van der Waals surface area contributed by atoms with Crippen LogP contribution in [0.4, 0.5) is 10.5 Å². The fourth-order valence-corrected chi connectivity index (χ4v) is 3.87. The lowest BCUT2D eigenvalue weighted by molar-refractivity contribution is 0.173. The lowest BCUT2D eigenvalue weighted by atomic mass is 9.95. The third-order valence-electron chi connectivity index (χ3n) is 5.24. The number of hydrogen-bond acceptors (Lipinski definition) is 4. The quantitative estimate of drug-likeness (QED) is 0.642. The third-order valence-corrected chi connectivity index (χ3v) is 5.57. The molecule has 29 heavy (non-hydrogen) atoms. The maximum Gasteiger partial charge on any atom is 0.321 e. The normalized spacial score (nSPS) is 16.6. The number of hydrogen-bond donors (Lipinski definition) is 1. The number of carbonyl (C=O) groups is 1. The smallest absolute Gasteiger partial charge is 0.321 e. The number of benzene rings is 2. The summed E-state index contributed by atoms with van der Waals surface area (Å²) < 4.78 is 5.49. The molecule has 0 spiro atoms. The number of likely N-dealkylation sites (tertiary alicyclic amines) is 1. The molecule has 0 saturated carbocycles. The molecule has 2 aromatic carbocycles. The van der Waals surface area contributed by atoms with Crippen molar-refractivity contribution in [2.75, 3.05) is 18.4 Å². The summed E-state index contributed by atoms with van der Waals surface area (Å²) >= 11 is 6.15. The number of piperidine rings is 1. The van der Waals surface area contributed by atoms with E-state index < -0.39 is 0 Å². The summed E-state index contributed by atoms with van der Waals surface area (Å²) in [5, 5.41) is 7.57. The number of anilines is 1. The predicted octanol–water partition coefficient (Wildman–Crippen LogP) is 5.19. The molecule has 1 atom stereocenters. The molecule has 1 saturated heterocycles. The van der Waals surface area contributed by atoms with Gasteiger partial charge in [0, 0.05) is 25.1 Å². The Labute approximate surface area is 174 Å². The van der Waals surface area contributed by atoms with E-state index in [0.717, 1.165) is 30.5 Å². The Hall–Kier alpha value is -2.86. The standard InChI is InChI=1S/C22H23ClN4O2/c1-15-7-2-3-9-17(15)21-25-20(29-26-21)13-16-8-6-12-27(14-16)22(28)24-19-11-5-4-10-18(19)23/h2-5,7,9-11,16H,6,8,12-14H2,1H3,(H,24,28)/t16-/m1/s1. The summed E-state index contributed by atoms with van der Waals surface area (Å²) in [6.07, 6.45) is 2.63. The highest BCUT2D eigenvalue weighted by atomic mass is 35.5. The van der Waals surface area contributed by atoms with E-state index in [9.17, 15) is 4.79 Å². The second-order valence-corrected chi connectivity index (χ2v) is 7.80. The molecule has 1 N–H and O–H groups in total. The molecule has 3 aromatic rings. The molecule has 150 valence electrons. The molecule has 7 heteroatoms. The molecule has 0 bridgehead atoms. The molecule has 6 nitrogen and oxygen atoms in total. The van der Waals surface area contributed by atoms with Crippen LogP contribution in [0.2, 0.25) is 5.02 Å². The minimum absolute atomic E-state index is 0.131. The van der Waals surface area contributed by atoms with Crippen LogP contribution < -0.4 is 5.32 Å². The third kappa shape index (κ3) is 4.59. The van der Waals surface area contributed by atoms with Crippen LogP contribution in [-0.4, -0.2) is 34.2 Å². The van der Waals surface area contributed by atoms with Gasteiger partial charge in [-0.1, -0.05) is 53.2 Å². The van der Waals surface area contributed by atoms with Gasteiger partial charge in [-0.25, -0.2) is 4.79 Å². The van der Waals surface area contributed by atoms with E-state index in [-0.39, 0.29) is 11.9 Å². The van der Waals surface area contributed by atoms with Crippen LogP contribution >= 0.6 is 11.6 Å². The molecule has 1 aromatic heterocycles. The minimum Gasteiger partial charge on any atom is -0.339 e. The van der Waals surface area contributed by atoms with Crippen molar-refractivity contribution in [1.82, 2.24) is 15.0 Å². The first-order chi connectivity index (χ1) is 14.1. The minimum atomic E-state index is -0.131. The van der Waals surface area contributed by atoms with E-state index in [4.69, 9.17) is 16.1 Å². The molecular weight excluding hydrogens is 388 g/mol. The summed E-state index contributed by atoms with van der Waals surface area (Å²) in [5.74, 6) is 1.51. The van der Waals surface area contributed by atoms with E-state index in [1.807, 2.05) is 48.2 Å². The van der Waals surface area contributed by atoms with Gasteiger partial charge in [-0.05, 0) is 43.4 Å². The highest BCUT2D eigenvalue weighted by Gasteiger charge is 2.26. The lowest BCUT2D eigenvalue weighted by Gasteiger charge is -2.32. The van der Waals surface area contributed by atoms with Gasteiger partial charge < -0.3 is 14.7 Å². The monoisotopic (exact) mass is 410 g/mol. The average molecular weight is 411 g/mol. The Bertz CT molecular complexity index is 1000. The number of aryl methyl sites for hydroxylation is 1. The zero-order valence-electron chi connectivity index (χ0n) is 16.3. The van der Waals surface area contributed by atoms with E-state index in [1.165, 1.54) is 0 Å². The first-order valence-corrected chi connectivity index (χ1v) is 10.2. The van der Waals surface area contributed by atoms with E-state index in [0.29, 0.717) is 35.4 Å². The number of nitrogens with zero attached hydrogens (tertiary/aromatic N) is 3. The zero-order valence-corrected chi connectivity index (χ0v) is 17.0.